The number of hydrogen-bond donors (Lipinski definition) is 1. The summed E-state index contributed by atoms with van der Waals surface area (Å²) in [5.41, 5.74) is -3.70. The van der Waals surface area contributed by atoms with Gasteiger partial charge in [0.25, 0.3) is 5.91 Å². The van der Waals surface area contributed by atoms with Crippen molar-refractivity contribution in [2.45, 2.75) is 83.5 Å². The molecule has 0 bridgehead atoms. The Kier molecular flexibility index (Phi) is 8.31. The highest BCUT2D eigenvalue weighted by Crippen LogP contribution is 2.49. The number of amides is 1. The molecular formula is C27H31Cl2F3N4O4. The Balaban J connectivity index is 1.72. The van der Waals surface area contributed by atoms with Gasteiger partial charge in [-0.2, -0.15) is 18.3 Å². The first-order valence-corrected chi connectivity index (χ1v) is 13.9. The van der Waals surface area contributed by atoms with Crippen LogP contribution in [0.1, 0.15) is 98.2 Å². The van der Waals surface area contributed by atoms with E-state index in [4.69, 9.17) is 23.2 Å². The van der Waals surface area contributed by atoms with E-state index >= 15 is 0 Å². The number of nitrogens with zero attached hydrogens (tertiary/aromatic N) is 4. The van der Waals surface area contributed by atoms with E-state index in [2.05, 4.69) is 10.1 Å². The molecule has 1 amide bonds. The van der Waals surface area contributed by atoms with E-state index in [0.717, 1.165) is 10.9 Å². The van der Waals surface area contributed by atoms with Crippen molar-refractivity contribution in [3.63, 3.8) is 0 Å². The topological polar surface area (TPSA) is 105 Å². The fourth-order valence-corrected chi connectivity index (χ4v) is 6.34. The van der Waals surface area contributed by atoms with Gasteiger partial charge in [-0.05, 0) is 57.8 Å². The summed E-state index contributed by atoms with van der Waals surface area (Å²) in [4.78, 5) is 44.0. The van der Waals surface area contributed by atoms with Gasteiger partial charge >= 0.3 is 12.1 Å². The van der Waals surface area contributed by atoms with Gasteiger partial charge in [-0.1, -0.05) is 37.0 Å². The molecule has 0 radical (unpaired) electrons. The molecule has 0 spiro atoms. The van der Waals surface area contributed by atoms with E-state index < -0.39 is 58.6 Å². The lowest BCUT2D eigenvalue weighted by molar-refractivity contribution is -0.152. The summed E-state index contributed by atoms with van der Waals surface area (Å²) >= 11 is 12.3. The molecule has 2 aliphatic rings. The van der Waals surface area contributed by atoms with E-state index in [-0.39, 0.29) is 47.2 Å². The monoisotopic (exact) mass is 602 g/mol. The maximum Gasteiger partial charge on any atom is 0.433 e. The Morgan fingerprint density at radius 2 is 1.68 bits per heavy atom. The number of ketones is 1. The van der Waals surface area contributed by atoms with Crippen LogP contribution in [0.25, 0.3) is 0 Å². The third kappa shape index (κ3) is 5.86. The minimum atomic E-state index is -4.92. The first-order valence-electron chi connectivity index (χ1n) is 13.1. The molecule has 0 atom stereocenters. The van der Waals surface area contributed by atoms with Crippen molar-refractivity contribution in [1.82, 2.24) is 19.7 Å². The van der Waals surface area contributed by atoms with E-state index in [0.29, 0.717) is 19.3 Å². The number of rotatable bonds is 9. The summed E-state index contributed by atoms with van der Waals surface area (Å²) in [7, 11) is 0. The van der Waals surface area contributed by atoms with E-state index in [1.54, 1.807) is 6.92 Å². The van der Waals surface area contributed by atoms with Gasteiger partial charge in [-0.15, -0.1) is 0 Å². The first kappa shape index (κ1) is 30.3. The number of aromatic nitrogens is 3. The Morgan fingerprint density at radius 3 is 2.15 bits per heavy atom. The quantitative estimate of drug-likeness (QED) is 0.320. The zero-order chi connectivity index (χ0) is 29.6. The van der Waals surface area contributed by atoms with Crippen LogP contribution < -0.4 is 0 Å². The maximum atomic E-state index is 14.5. The second-order valence-corrected chi connectivity index (χ2v) is 12.4. The van der Waals surface area contributed by atoms with Gasteiger partial charge in [0.2, 0.25) is 0 Å². The number of carbonyl (C=O) groups excluding carboxylic acids is 2. The van der Waals surface area contributed by atoms with E-state index in [1.807, 2.05) is 13.8 Å². The third-order valence-corrected chi connectivity index (χ3v) is 8.66. The zero-order valence-corrected chi connectivity index (χ0v) is 23.9. The number of carboxylic acids is 1. The van der Waals surface area contributed by atoms with Gasteiger partial charge in [0.1, 0.15) is 0 Å². The van der Waals surface area contributed by atoms with Gasteiger partial charge in [0.15, 0.2) is 11.5 Å². The Labute approximate surface area is 239 Å². The van der Waals surface area contributed by atoms with Crippen LogP contribution in [0, 0.1) is 11.3 Å². The summed E-state index contributed by atoms with van der Waals surface area (Å²) in [6.45, 7) is 4.94. The van der Waals surface area contributed by atoms with Crippen LogP contribution >= 0.6 is 23.2 Å². The summed E-state index contributed by atoms with van der Waals surface area (Å²) in [6.07, 6.45) is 0.718. The smallest absolute Gasteiger partial charge is 0.433 e. The van der Waals surface area contributed by atoms with Crippen molar-refractivity contribution < 1.29 is 32.7 Å². The van der Waals surface area contributed by atoms with Crippen molar-refractivity contribution in [3.8, 4) is 0 Å². The molecule has 2 heterocycles. The van der Waals surface area contributed by atoms with Crippen LogP contribution in [0.3, 0.4) is 0 Å². The number of Topliss-reactive ketones (excluding diaryl/α,β-unsaturated/α-hetero) is 1. The molecule has 2 saturated carbocycles. The molecule has 0 aromatic carbocycles. The molecule has 2 fully saturated rings. The highest BCUT2D eigenvalue weighted by atomic mass is 35.5. The molecule has 2 aromatic heterocycles. The molecule has 2 aromatic rings. The molecule has 4 rings (SSSR count). The largest absolute Gasteiger partial charge is 0.481 e. The summed E-state index contributed by atoms with van der Waals surface area (Å²) in [5.74, 6) is -2.44. The molecule has 0 saturated heterocycles. The molecule has 2 aliphatic carbocycles. The van der Waals surface area contributed by atoms with Crippen molar-refractivity contribution >= 4 is 40.9 Å². The summed E-state index contributed by atoms with van der Waals surface area (Å²) in [5, 5.41) is 13.5. The summed E-state index contributed by atoms with van der Waals surface area (Å²) in [6, 6.07) is -0.722. The molecule has 13 heteroatoms. The molecular weight excluding hydrogens is 572 g/mol. The summed E-state index contributed by atoms with van der Waals surface area (Å²) < 4.78 is 44.4. The molecule has 218 valence electrons. The number of pyridine rings is 1. The van der Waals surface area contributed by atoms with Crippen molar-refractivity contribution in [1.29, 1.82) is 0 Å². The number of carboxylic acid groups (broad SMARTS) is 1. The normalized spacial score (nSPS) is 22.3. The van der Waals surface area contributed by atoms with Crippen LogP contribution in [-0.2, 0) is 11.0 Å². The lowest BCUT2D eigenvalue weighted by Gasteiger charge is -2.35. The fourth-order valence-electron chi connectivity index (χ4n) is 5.77. The average Bonchev–Trinajstić information content (AvgIpc) is 3.46. The Bertz CT molecular complexity index is 1300. The Morgan fingerprint density at radius 1 is 1.10 bits per heavy atom. The van der Waals surface area contributed by atoms with Crippen LogP contribution in [0.4, 0.5) is 13.2 Å². The van der Waals surface area contributed by atoms with E-state index in [9.17, 15) is 32.7 Å². The van der Waals surface area contributed by atoms with Crippen molar-refractivity contribution in [2.75, 3.05) is 6.54 Å². The minimum absolute atomic E-state index is 0.0203. The highest BCUT2D eigenvalue weighted by molar-refractivity contribution is 6.39. The number of hydrogen-bond acceptors (Lipinski definition) is 5. The minimum Gasteiger partial charge on any atom is -0.481 e. The maximum absolute atomic E-state index is 14.5. The average molecular weight is 603 g/mol. The van der Waals surface area contributed by atoms with Crippen molar-refractivity contribution in [2.24, 2.45) is 11.3 Å². The Hall–Kier alpha value is -2.66. The second kappa shape index (κ2) is 11.0. The predicted octanol–water partition coefficient (Wildman–Crippen LogP) is 6.71. The van der Waals surface area contributed by atoms with Gasteiger partial charge < -0.3 is 10.0 Å². The fraction of sp³-hybridized carbons (Fsp3) is 0.593. The highest BCUT2D eigenvalue weighted by Gasteiger charge is 2.53. The molecule has 1 N–H and O–H groups in total. The van der Waals surface area contributed by atoms with E-state index in [1.165, 1.54) is 17.3 Å². The van der Waals surface area contributed by atoms with Crippen LogP contribution in [-0.4, -0.2) is 54.5 Å². The molecule has 0 aliphatic heterocycles. The van der Waals surface area contributed by atoms with Crippen LogP contribution in [0.5, 0.6) is 0 Å². The number of carbonyl (C=O) groups is 3. The van der Waals surface area contributed by atoms with Crippen LogP contribution in [0.15, 0.2) is 18.6 Å². The van der Waals surface area contributed by atoms with Gasteiger partial charge in [0.05, 0.1) is 45.4 Å². The third-order valence-electron chi connectivity index (χ3n) is 8.08. The molecule has 8 nitrogen and oxygen atoms in total. The lowest BCUT2D eigenvalue weighted by Crippen LogP contribution is -2.46. The standard InChI is InChI=1S/C27H31Cl2F3N4O4/c1-15(2)10-26(8-9-26)35(14-20(37)21-18(28)12-33-13-19(21)29)23(38)17-11-34-36(22(17)27(30,31)32)16-4-6-25(3,7-5-16)24(39)40/h11-13,15-16H,4-10,14H2,1-3H3,(H,39,40)/t16-,25-. The SMILES string of the molecule is CC(C)CC1(N(CC(=O)c2c(Cl)cncc2Cl)C(=O)c2cnn([C@H]3CC[C@](C)(C(=O)O)CC3)c2C(F)(F)F)CC1. The molecule has 0 unspecified atom stereocenters. The zero-order valence-electron chi connectivity index (χ0n) is 22.4. The molecule has 40 heavy (non-hydrogen) atoms. The lowest BCUT2D eigenvalue weighted by atomic mass is 9.74. The predicted molar refractivity (Wildman–Crippen MR) is 142 cm³/mol. The number of alkyl halides is 3. The number of aliphatic carboxylic acids is 1. The van der Waals surface area contributed by atoms with Gasteiger partial charge in [-0.25, -0.2) is 0 Å². The van der Waals surface area contributed by atoms with Gasteiger partial charge in [-0.3, -0.25) is 24.0 Å². The first-order chi connectivity index (χ1) is 18.6. The second-order valence-electron chi connectivity index (χ2n) is 11.6. The van der Waals surface area contributed by atoms with Crippen molar-refractivity contribution in [3.05, 3.63) is 45.5 Å². The number of halogens is 5. The van der Waals surface area contributed by atoms with Gasteiger partial charge in [0, 0.05) is 17.9 Å². The van der Waals surface area contributed by atoms with Crippen LogP contribution in [0.2, 0.25) is 10.0 Å².